The van der Waals surface area contributed by atoms with Crippen LogP contribution in [0.2, 0.25) is 0 Å². The Balaban J connectivity index is -0.000000238. The number of hydrogen-bond donors (Lipinski definition) is 13. The van der Waals surface area contributed by atoms with Gasteiger partial charge in [-0.25, -0.2) is 4.79 Å². The Kier molecular flexibility index (Phi) is 38.2. The molecule has 0 aromatic carbocycles. The van der Waals surface area contributed by atoms with Gasteiger partial charge in [-0.15, -0.1) is 0 Å². The number of aliphatic hydroxyl groups excluding tert-OH is 9. The Labute approximate surface area is 250 Å². The van der Waals surface area contributed by atoms with Gasteiger partial charge in [0.1, 0.15) is 0 Å². The maximum Gasteiger partial charge on any atom is 0.336 e. The molecule has 0 saturated carbocycles. The lowest BCUT2D eigenvalue weighted by molar-refractivity contribution is -0.170. The average molecular weight is 640 g/mol. The highest BCUT2D eigenvalue weighted by Gasteiger charge is 2.40. The summed E-state index contributed by atoms with van der Waals surface area (Å²) >= 11 is 0. The van der Waals surface area contributed by atoms with Crippen molar-refractivity contribution in [2.75, 3.05) is 118 Å². The molecule has 19 nitrogen and oxygen atoms in total. The normalized spacial score (nSPS) is 10.8. The van der Waals surface area contributed by atoms with E-state index in [1.54, 1.807) is 14.7 Å². The van der Waals surface area contributed by atoms with Crippen LogP contribution in [-0.4, -0.2) is 223 Å². The third kappa shape index (κ3) is 34.3. The molecule has 0 fully saturated rings. The maximum atomic E-state index is 10.3. The second-order valence-corrected chi connectivity index (χ2v) is 8.52. The summed E-state index contributed by atoms with van der Waals surface area (Å²) in [5.74, 6) is -5.02. The summed E-state index contributed by atoms with van der Waals surface area (Å²) in [7, 11) is 0. The van der Waals surface area contributed by atoms with Gasteiger partial charge in [-0.05, 0) is 0 Å². The molecule has 0 atom stereocenters. The summed E-state index contributed by atoms with van der Waals surface area (Å²) < 4.78 is 0. The van der Waals surface area contributed by atoms with Crippen molar-refractivity contribution in [2.24, 2.45) is 0 Å². The molecule has 0 bridgehead atoms. The smallest absolute Gasteiger partial charge is 0.336 e. The van der Waals surface area contributed by atoms with E-state index in [4.69, 9.17) is 66.4 Å². The van der Waals surface area contributed by atoms with E-state index < -0.39 is 36.4 Å². The molecular formula is C24H53N3O16. The van der Waals surface area contributed by atoms with Crippen molar-refractivity contribution in [3.8, 4) is 0 Å². The van der Waals surface area contributed by atoms with Crippen LogP contribution < -0.4 is 0 Å². The Morgan fingerprint density at radius 1 is 0.395 bits per heavy atom. The molecule has 19 heteroatoms. The zero-order chi connectivity index (χ0) is 34.1. The zero-order valence-electron chi connectivity index (χ0n) is 24.5. The number of carboxylic acid groups (broad SMARTS) is 3. The summed E-state index contributed by atoms with van der Waals surface area (Å²) in [5, 5.41) is 110. The van der Waals surface area contributed by atoms with Gasteiger partial charge >= 0.3 is 17.9 Å². The second-order valence-electron chi connectivity index (χ2n) is 8.52. The monoisotopic (exact) mass is 639 g/mol. The van der Waals surface area contributed by atoms with Gasteiger partial charge in [0.25, 0.3) is 0 Å². The maximum absolute atomic E-state index is 10.3. The Morgan fingerprint density at radius 2 is 0.558 bits per heavy atom. The number of rotatable bonds is 23. The molecule has 0 aliphatic heterocycles. The van der Waals surface area contributed by atoms with E-state index in [-0.39, 0.29) is 59.5 Å². The molecule has 0 aliphatic rings. The Hall–Kier alpha value is -2.11. The summed E-state index contributed by atoms with van der Waals surface area (Å²) in [5.41, 5.74) is -2.74. The van der Waals surface area contributed by atoms with Gasteiger partial charge in [0, 0.05) is 58.9 Å². The van der Waals surface area contributed by atoms with E-state index in [0.29, 0.717) is 58.9 Å². The van der Waals surface area contributed by atoms with Gasteiger partial charge in [0.15, 0.2) is 5.60 Å². The van der Waals surface area contributed by atoms with Gasteiger partial charge < -0.3 is 66.4 Å². The standard InChI is InChI=1S/3C6H15NO3.C6H8O7/c3*8-4-1-7(2-5-9)3-6-10;7-3(8)1-6(13,5(11)12)2-4(9)10/h3*8-10H,1-6H2;13H,1-2H2,(H,7,8)(H,9,10)(H,11,12). The molecule has 0 rings (SSSR count). The van der Waals surface area contributed by atoms with Gasteiger partial charge in [-0.3, -0.25) is 24.3 Å². The molecule has 0 amide bonds. The first-order valence-corrected chi connectivity index (χ1v) is 13.4. The molecule has 0 radical (unpaired) electrons. The minimum absolute atomic E-state index is 0.0694. The fourth-order valence-electron chi connectivity index (χ4n) is 2.99. The highest BCUT2D eigenvalue weighted by molar-refractivity contribution is 5.88. The number of carbonyl (C=O) groups is 3. The van der Waals surface area contributed by atoms with E-state index in [1.165, 1.54) is 0 Å². The van der Waals surface area contributed by atoms with Gasteiger partial charge in [-0.1, -0.05) is 0 Å². The topological polar surface area (TPSA) is 324 Å². The predicted octanol–water partition coefficient (Wildman–Crippen LogP) is -6.45. The zero-order valence-corrected chi connectivity index (χ0v) is 24.5. The van der Waals surface area contributed by atoms with Crippen LogP contribution in [0.5, 0.6) is 0 Å². The predicted molar refractivity (Wildman–Crippen MR) is 150 cm³/mol. The molecule has 43 heavy (non-hydrogen) atoms. The van der Waals surface area contributed by atoms with Gasteiger partial charge in [0.2, 0.25) is 0 Å². The number of aliphatic carboxylic acids is 3. The fourth-order valence-corrected chi connectivity index (χ4v) is 2.99. The summed E-state index contributed by atoms with van der Waals surface area (Å²) in [6, 6.07) is 0. The number of hydrogen-bond acceptors (Lipinski definition) is 16. The molecule has 0 aromatic rings. The van der Waals surface area contributed by atoms with Gasteiger partial charge in [-0.2, -0.15) is 0 Å². The molecule has 0 aliphatic carbocycles. The van der Waals surface area contributed by atoms with Crippen LogP contribution in [0.4, 0.5) is 0 Å². The number of aliphatic hydroxyl groups is 10. The van der Waals surface area contributed by atoms with E-state index in [2.05, 4.69) is 0 Å². The SMILES string of the molecule is O=C(O)CC(O)(CC(=O)O)C(=O)O.OCCN(CCO)CCO.OCCN(CCO)CCO.OCCN(CCO)CCO. The Bertz CT molecular complexity index is 546. The van der Waals surface area contributed by atoms with Crippen molar-refractivity contribution in [3.05, 3.63) is 0 Å². The third-order valence-electron chi connectivity index (χ3n) is 5.03. The molecule has 0 spiro atoms. The van der Waals surface area contributed by atoms with Gasteiger partial charge in [0.05, 0.1) is 72.3 Å². The third-order valence-corrected chi connectivity index (χ3v) is 5.03. The van der Waals surface area contributed by atoms with Crippen LogP contribution in [0.25, 0.3) is 0 Å². The summed E-state index contributed by atoms with van der Waals surface area (Å²) in [6.45, 7) is 5.26. The van der Waals surface area contributed by atoms with E-state index in [0.717, 1.165) is 0 Å². The van der Waals surface area contributed by atoms with E-state index in [9.17, 15) is 14.4 Å². The number of carboxylic acids is 3. The molecule has 13 N–H and O–H groups in total. The van der Waals surface area contributed by atoms with Crippen molar-refractivity contribution in [1.29, 1.82) is 0 Å². The first-order chi connectivity index (χ1) is 20.3. The average Bonchev–Trinajstić information content (AvgIpc) is 2.90. The highest BCUT2D eigenvalue weighted by atomic mass is 16.4. The molecule has 0 heterocycles. The summed E-state index contributed by atoms with van der Waals surface area (Å²) in [4.78, 5) is 35.9. The molecule has 0 aromatic heterocycles. The quantitative estimate of drug-likeness (QED) is 0.0494. The minimum atomic E-state index is -2.74. The van der Waals surface area contributed by atoms with Crippen LogP contribution in [0.1, 0.15) is 12.8 Å². The van der Waals surface area contributed by atoms with Crippen LogP contribution in [0.15, 0.2) is 0 Å². The molecule has 0 saturated heterocycles. The molecular weight excluding hydrogens is 586 g/mol. The van der Waals surface area contributed by atoms with Crippen LogP contribution in [-0.2, 0) is 14.4 Å². The molecule has 0 unspecified atom stereocenters. The van der Waals surface area contributed by atoms with Crippen molar-refractivity contribution in [2.45, 2.75) is 18.4 Å². The van der Waals surface area contributed by atoms with Crippen LogP contribution in [0, 0.1) is 0 Å². The first kappa shape index (κ1) is 47.8. The van der Waals surface area contributed by atoms with Crippen molar-refractivity contribution >= 4 is 17.9 Å². The highest BCUT2D eigenvalue weighted by Crippen LogP contribution is 2.15. The van der Waals surface area contributed by atoms with Crippen molar-refractivity contribution in [1.82, 2.24) is 14.7 Å². The van der Waals surface area contributed by atoms with E-state index in [1.807, 2.05) is 0 Å². The van der Waals surface area contributed by atoms with Crippen molar-refractivity contribution in [3.63, 3.8) is 0 Å². The second kappa shape index (κ2) is 34.4. The lowest BCUT2D eigenvalue weighted by atomic mass is 9.96. The first-order valence-electron chi connectivity index (χ1n) is 13.4. The fraction of sp³-hybridized carbons (Fsp3) is 0.875. The number of nitrogens with zero attached hydrogens (tertiary/aromatic N) is 3. The minimum Gasteiger partial charge on any atom is -0.481 e. The Morgan fingerprint density at radius 3 is 0.651 bits per heavy atom. The molecule has 260 valence electrons. The lowest BCUT2D eigenvalue weighted by Gasteiger charge is -2.18. The lowest BCUT2D eigenvalue weighted by Crippen LogP contribution is -2.42. The van der Waals surface area contributed by atoms with Crippen LogP contribution >= 0.6 is 0 Å². The van der Waals surface area contributed by atoms with Crippen LogP contribution in [0.3, 0.4) is 0 Å². The largest absolute Gasteiger partial charge is 0.481 e. The van der Waals surface area contributed by atoms with E-state index >= 15 is 0 Å². The van der Waals surface area contributed by atoms with Crippen molar-refractivity contribution < 1.29 is 80.8 Å². The summed E-state index contributed by atoms with van der Waals surface area (Å²) in [6.07, 6.45) is -2.29.